The first-order valence-electron chi connectivity index (χ1n) is 9.62. The number of rotatable bonds is 7. The molecule has 0 aromatic heterocycles. The van der Waals surface area contributed by atoms with Gasteiger partial charge in [-0.25, -0.2) is 4.99 Å². The maximum atomic E-state index is 11.9. The molecular weight excluding hydrogens is 352 g/mol. The zero-order valence-electron chi connectivity index (χ0n) is 16.5. The Kier molecular flexibility index (Phi) is 6.89. The van der Waals surface area contributed by atoms with Crippen molar-refractivity contribution in [3.8, 4) is 5.75 Å². The summed E-state index contributed by atoms with van der Waals surface area (Å²) in [5, 5.41) is 6.64. The number of likely N-dealkylation sites (N-methyl/N-ethyl adjacent to an activating group) is 1. The van der Waals surface area contributed by atoms with E-state index in [2.05, 4.69) is 33.8 Å². The Morgan fingerprint density at radius 2 is 1.86 bits per heavy atom. The second-order valence-corrected chi connectivity index (χ2v) is 7.05. The first-order chi connectivity index (χ1) is 13.6. The minimum atomic E-state index is -0.0336. The molecule has 1 amide bonds. The van der Waals surface area contributed by atoms with Gasteiger partial charge < -0.3 is 20.3 Å². The topological polar surface area (TPSA) is 66.0 Å². The quantitative estimate of drug-likeness (QED) is 0.568. The molecule has 0 aliphatic carbocycles. The Morgan fingerprint density at radius 1 is 1.11 bits per heavy atom. The highest BCUT2D eigenvalue weighted by Gasteiger charge is 2.22. The maximum absolute atomic E-state index is 11.9. The van der Waals surface area contributed by atoms with Crippen molar-refractivity contribution >= 4 is 11.9 Å². The molecule has 28 heavy (non-hydrogen) atoms. The fourth-order valence-electron chi connectivity index (χ4n) is 3.01. The van der Waals surface area contributed by atoms with E-state index in [1.807, 2.05) is 36.4 Å². The number of aliphatic imine (C=N–C) groups is 1. The van der Waals surface area contributed by atoms with E-state index in [0.29, 0.717) is 12.5 Å². The summed E-state index contributed by atoms with van der Waals surface area (Å²) in [7, 11) is 3.47. The Morgan fingerprint density at radius 3 is 2.61 bits per heavy atom. The number of ether oxygens (including phenoxy) is 1. The second kappa shape index (κ2) is 9.78. The predicted octanol–water partition coefficient (Wildman–Crippen LogP) is 1.86. The van der Waals surface area contributed by atoms with Crippen molar-refractivity contribution < 1.29 is 9.53 Å². The van der Waals surface area contributed by atoms with Crippen LogP contribution >= 0.6 is 0 Å². The number of carbonyl (C=O) groups excluding carboxylic acids is 1. The van der Waals surface area contributed by atoms with Gasteiger partial charge in [0.2, 0.25) is 5.91 Å². The molecule has 1 heterocycles. The molecule has 1 aliphatic rings. The molecular formula is C22H28N4O2. The monoisotopic (exact) mass is 380 g/mol. The summed E-state index contributed by atoms with van der Waals surface area (Å²) in [5.74, 6) is 1.55. The zero-order valence-corrected chi connectivity index (χ0v) is 16.5. The minimum absolute atomic E-state index is 0.0336. The number of benzene rings is 2. The lowest BCUT2D eigenvalue weighted by Gasteiger charge is -2.16. The highest BCUT2D eigenvalue weighted by molar-refractivity contribution is 5.84. The number of fused-ring (bicyclic) bond motifs is 1. The average Bonchev–Trinajstić information content (AvgIpc) is 3.13. The number of guanidine groups is 1. The number of nitrogens with one attached hydrogen (secondary N) is 2. The van der Waals surface area contributed by atoms with E-state index in [9.17, 15) is 4.79 Å². The lowest BCUT2D eigenvalue weighted by atomic mass is 10.1. The van der Waals surface area contributed by atoms with Crippen LogP contribution in [0.4, 0.5) is 0 Å². The molecule has 0 spiro atoms. The van der Waals surface area contributed by atoms with Crippen LogP contribution in [-0.2, 0) is 17.6 Å². The molecule has 0 saturated carbocycles. The largest absolute Gasteiger partial charge is 0.488 e. The van der Waals surface area contributed by atoms with Gasteiger partial charge in [-0.1, -0.05) is 48.5 Å². The lowest BCUT2D eigenvalue weighted by Crippen LogP contribution is -2.43. The fourth-order valence-corrected chi connectivity index (χ4v) is 3.01. The van der Waals surface area contributed by atoms with Crippen LogP contribution in [0.25, 0.3) is 0 Å². The molecule has 0 radical (unpaired) electrons. The number of hydrogen-bond donors (Lipinski definition) is 2. The summed E-state index contributed by atoms with van der Waals surface area (Å²) < 4.78 is 5.97. The van der Waals surface area contributed by atoms with E-state index in [4.69, 9.17) is 4.74 Å². The van der Waals surface area contributed by atoms with Gasteiger partial charge in [-0.15, -0.1) is 0 Å². The van der Waals surface area contributed by atoms with Crippen molar-refractivity contribution in [1.82, 2.24) is 15.5 Å². The molecule has 0 saturated heterocycles. The van der Waals surface area contributed by atoms with Crippen molar-refractivity contribution in [2.24, 2.45) is 4.99 Å². The Bertz CT molecular complexity index is 780. The molecule has 3 rings (SSSR count). The van der Waals surface area contributed by atoms with Crippen LogP contribution in [0.15, 0.2) is 59.6 Å². The van der Waals surface area contributed by atoms with Crippen LogP contribution in [-0.4, -0.2) is 56.6 Å². The van der Waals surface area contributed by atoms with Crippen LogP contribution in [0.1, 0.15) is 11.1 Å². The standard InChI is InChI=1S/C22H28N4O2/c1-26(2)21(27)16-25-22(23-13-12-17-8-4-3-5-9-17)24-15-19-14-18-10-6-7-11-20(18)28-19/h3-11,19H,12-16H2,1-2H3,(H2,23,24,25). The van der Waals surface area contributed by atoms with E-state index in [1.54, 1.807) is 19.0 Å². The fraction of sp³-hybridized carbons (Fsp3) is 0.364. The van der Waals surface area contributed by atoms with E-state index >= 15 is 0 Å². The number of amides is 1. The second-order valence-electron chi connectivity index (χ2n) is 7.05. The highest BCUT2D eigenvalue weighted by atomic mass is 16.5. The van der Waals surface area contributed by atoms with Crippen LogP contribution < -0.4 is 15.4 Å². The summed E-state index contributed by atoms with van der Waals surface area (Å²) >= 11 is 0. The smallest absolute Gasteiger partial charge is 0.243 e. The van der Waals surface area contributed by atoms with Gasteiger partial charge in [0.1, 0.15) is 18.4 Å². The summed E-state index contributed by atoms with van der Waals surface area (Å²) in [6, 6.07) is 18.4. The van der Waals surface area contributed by atoms with Crippen molar-refractivity contribution in [2.75, 3.05) is 33.7 Å². The first kappa shape index (κ1) is 19.7. The minimum Gasteiger partial charge on any atom is -0.488 e. The third-order valence-corrected chi connectivity index (χ3v) is 4.63. The Hall–Kier alpha value is -3.02. The van der Waals surface area contributed by atoms with Gasteiger partial charge in [-0.3, -0.25) is 4.79 Å². The molecule has 1 unspecified atom stereocenters. The summed E-state index contributed by atoms with van der Waals surface area (Å²) in [6.07, 6.45) is 1.81. The first-order valence-corrected chi connectivity index (χ1v) is 9.62. The summed E-state index contributed by atoms with van der Waals surface area (Å²) in [6.45, 7) is 1.47. The number of carbonyl (C=O) groups is 1. The van der Waals surface area contributed by atoms with Gasteiger partial charge in [0.25, 0.3) is 0 Å². The number of hydrogen-bond acceptors (Lipinski definition) is 3. The normalized spacial score (nSPS) is 15.5. The maximum Gasteiger partial charge on any atom is 0.243 e. The SMILES string of the molecule is CN(C)C(=O)CN=C(NCCc1ccccc1)NCC1Cc2ccccc2O1. The molecule has 2 N–H and O–H groups in total. The molecule has 1 atom stereocenters. The van der Waals surface area contributed by atoms with Crippen molar-refractivity contribution in [3.63, 3.8) is 0 Å². The molecule has 6 nitrogen and oxygen atoms in total. The zero-order chi connectivity index (χ0) is 19.8. The third kappa shape index (κ3) is 5.74. The van der Waals surface area contributed by atoms with Crippen molar-refractivity contribution in [2.45, 2.75) is 18.9 Å². The van der Waals surface area contributed by atoms with E-state index in [-0.39, 0.29) is 18.6 Å². The molecule has 2 aromatic carbocycles. The lowest BCUT2D eigenvalue weighted by molar-refractivity contribution is -0.127. The Balaban J connectivity index is 1.53. The molecule has 0 bridgehead atoms. The molecule has 6 heteroatoms. The summed E-state index contributed by atoms with van der Waals surface area (Å²) in [4.78, 5) is 17.9. The van der Waals surface area contributed by atoms with Gasteiger partial charge >= 0.3 is 0 Å². The van der Waals surface area contributed by atoms with Crippen molar-refractivity contribution in [1.29, 1.82) is 0 Å². The van der Waals surface area contributed by atoms with Gasteiger partial charge in [0, 0.05) is 27.1 Å². The number of para-hydroxylation sites is 1. The molecule has 148 valence electrons. The van der Waals surface area contributed by atoms with Crippen LogP contribution in [0.5, 0.6) is 5.75 Å². The average molecular weight is 380 g/mol. The van der Waals surface area contributed by atoms with E-state index in [0.717, 1.165) is 25.1 Å². The highest BCUT2D eigenvalue weighted by Crippen LogP contribution is 2.27. The van der Waals surface area contributed by atoms with Gasteiger partial charge in [0.05, 0.1) is 6.54 Å². The van der Waals surface area contributed by atoms with Crippen LogP contribution in [0.2, 0.25) is 0 Å². The predicted molar refractivity (Wildman–Crippen MR) is 112 cm³/mol. The van der Waals surface area contributed by atoms with Gasteiger partial charge in [-0.05, 0) is 23.6 Å². The molecule has 0 fully saturated rings. The third-order valence-electron chi connectivity index (χ3n) is 4.63. The van der Waals surface area contributed by atoms with E-state index < -0.39 is 0 Å². The van der Waals surface area contributed by atoms with Gasteiger partial charge in [-0.2, -0.15) is 0 Å². The molecule has 1 aliphatic heterocycles. The molecule has 2 aromatic rings. The number of nitrogens with zero attached hydrogens (tertiary/aromatic N) is 2. The summed E-state index contributed by atoms with van der Waals surface area (Å²) in [5.41, 5.74) is 2.49. The van der Waals surface area contributed by atoms with Crippen LogP contribution in [0.3, 0.4) is 0 Å². The van der Waals surface area contributed by atoms with Crippen molar-refractivity contribution in [3.05, 3.63) is 65.7 Å². The van der Waals surface area contributed by atoms with Crippen LogP contribution in [0, 0.1) is 0 Å². The van der Waals surface area contributed by atoms with Gasteiger partial charge in [0.15, 0.2) is 5.96 Å². The van der Waals surface area contributed by atoms with E-state index in [1.165, 1.54) is 11.1 Å². The Labute approximate surface area is 166 Å².